The van der Waals surface area contributed by atoms with Crippen LogP contribution in [0.2, 0.25) is 0 Å². The fourth-order valence-corrected chi connectivity index (χ4v) is 3.61. The summed E-state index contributed by atoms with van der Waals surface area (Å²) in [6, 6.07) is 13.0. The second-order valence-corrected chi connectivity index (χ2v) is 7.42. The van der Waals surface area contributed by atoms with E-state index in [1.807, 2.05) is 0 Å². The minimum Gasteiger partial charge on any atom is -0.451 e. The molecular formula is C19H15F2NO4S. The molecule has 5 nitrogen and oxygen atoms in total. The maximum Gasteiger partial charge on any atom is 0.387 e. The summed E-state index contributed by atoms with van der Waals surface area (Å²) >= 11 is 0. The van der Waals surface area contributed by atoms with Crippen molar-refractivity contribution in [2.45, 2.75) is 30.3 Å². The number of benzene rings is 2. The molecule has 3 aromatic rings. The molecule has 1 aliphatic carbocycles. The van der Waals surface area contributed by atoms with Gasteiger partial charge in [0, 0.05) is 6.07 Å². The number of fused-ring (bicyclic) bond motifs is 1. The number of carbonyl (C=O) groups is 1. The zero-order valence-electron chi connectivity index (χ0n) is 14.0. The van der Waals surface area contributed by atoms with Gasteiger partial charge in [0.2, 0.25) is 0 Å². The van der Waals surface area contributed by atoms with Crippen LogP contribution in [0, 0.1) is 0 Å². The van der Waals surface area contributed by atoms with Crippen LogP contribution >= 0.6 is 0 Å². The van der Waals surface area contributed by atoms with Crippen LogP contribution in [0.3, 0.4) is 0 Å². The topological polar surface area (TPSA) is 68.5 Å². The Morgan fingerprint density at radius 2 is 1.93 bits per heavy atom. The van der Waals surface area contributed by atoms with Crippen molar-refractivity contribution in [1.82, 2.24) is 4.72 Å². The Morgan fingerprint density at radius 3 is 2.59 bits per heavy atom. The predicted octanol–water partition coefficient (Wildman–Crippen LogP) is 4.36. The lowest BCUT2D eigenvalue weighted by atomic mass is 10.1. The van der Waals surface area contributed by atoms with E-state index in [1.54, 1.807) is 42.5 Å². The Labute approximate surface area is 155 Å². The molecule has 27 heavy (non-hydrogen) atoms. The number of furan rings is 1. The molecule has 0 aliphatic heterocycles. The lowest BCUT2D eigenvalue weighted by Crippen LogP contribution is -2.25. The molecule has 1 aromatic heterocycles. The van der Waals surface area contributed by atoms with Crippen LogP contribution in [0.1, 0.15) is 34.9 Å². The molecule has 8 heteroatoms. The minimum absolute atomic E-state index is 0.0311. The van der Waals surface area contributed by atoms with E-state index < -0.39 is 23.5 Å². The number of alkyl halides is 2. The Balaban J connectivity index is 1.64. The van der Waals surface area contributed by atoms with Gasteiger partial charge >= 0.3 is 6.61 Å². The van der Waals surface area contributed by atoms with E-state index in [9.17, 15) is 17.8 Å². The number of ether oxygens (including phenoxy) is 1. The van der Waals surface area contributed by atoms with Gasteiger partial charge < -0.3 is 9.15 Å². The fraction of sp³-hybridized carbons (Fsp3) is 0.211. The molecule has 2 aromatic carbocycles. The molecule has 1 atom stereocenters. The summed E-state index contributed by atoms with van der Waals surface area (Å²) in [6.45, 7) is -2.99. The van der Waals surface area contributed by atoms with Crippen LogP contribution in [0.4, 0.5) is 8.78 Å². The number of hydrogen-bond donors (Lipinski definition) is 1. The number of halogens is 2. The average Bonchev–Trinajstić information content (AvgIpc) is 3.40. The van der Waals surface area contributed by atoms with E-state index in [1.165, 1.54) is 6.07 Å². The summed E-state index contributed by atoms with van der Waals surface area (Å²) in [7, 11) is -1.76. The van der Waals surface area contributed by atoms with Crippen LogP contribution in [0.15, 0.2) is 57.8 Å². The number of hydrogen-bond acceptors (Lipinski definition) is 4. The summed E-state index contributed by atoms with van der Waals surface area (Å²) in [4.78, 5) is 12.8. The minimum atomic E-state index is -2.99. The fourth-order valence-electron chi connectivity index (χ4n) is 2.82. The van der Waals surface area contributed by atoms with Crippen molar-refractivity contribution < 1.29 is 26.9 Å². The zero-order chi connectivity index (χ0) is 19.0. The van der Waals surface area contributed by atoms with Gasteiger partial charge in [0.05, 0.1) is 10.3 Å². The summed E-state index contributed by atoms with van der Waals surface area (Å²) < 4.78 is 50.2. The van der Waals surface area contributed by atoms with Gasteiger partial charge in [-0.15, -0.1) is 0 Å². The van der Waals surface area contributed by atoms with Gasteiger partial charge in [0.1, 0.15) is 11.3 Å². The van der Waals surface area contributed by atoms with E-state index in [0.717, 1.165) is 18.4 Å². The molecular weight excluding hydrogens is 376 g/mol. The third kappa shape index (κ3) is 3.85. The Hall–Kier alpha value is -2.74. The maximum atomic E-state index is 12.7. The van der Waals surface area contributed by atoms with Gasteiger partial charge in [-0.1, -0.05) is 18.2 Å². The summed E-state index contributed by atoms with van der Waals surface area (Å²) in [5.74, 6) is -0.565. The van der Waals surface area contributed by atoms with E-state index >= 15 is 0 Å². The Morgan fingerprint density at radius 1 is 1.19 bits per heavy atom. The molecule has 0 saturated heterocycles. The number of rotatable bonds is 6. The van der Waals surface area contributed by atoms with E-state index in [4.69, 9.17) is 4.42 Å². The molecule has 0 radical (unpaired) electrons. The van der Waals surface area contributed by atoms with Crippen molar-refractivity contribution in [3.05, 3.63) is 59.9 Å². The van der Waals surface area contributed by atoms with Crippen LogP contribution in [0.25, 0.3) is 11.0 Å². The first kappa shape index (κ1) is 17.7. The normalized spacial score (nSPS) is 15.1. The largest absolute Gasteiger partial charge is 0.451 e. The van der Waals surface area contributed by atoms with Gasteiger partial charge in [-0.05, 0) is 48.6 Å². The van der Waals surface area contributed by atoms with Gasteiger partial charge in [0.15, 0.2) is 16.7 Å². The molecule has 140 valence electrons. The van der Waals surface area contributed by atoms with Crippen LogP contribution < -0.4 is 9.46 Å². The third-order valence-corrected chi connectivity index (χ3v) is 5.32. The highest BCUT2D eigenvalue weighted by Crippen LogP contribution is 2.44. The highest BCUT2D eigenvalue weighted by atomic mass is 32.2. The van der Waals surface area contributed by atoms with Gasteiger partial charge in [-0.25, -0.2) is 4.21 Å². The first-order valence-electron chi connectivity index (χ1n) is 8.31. The number of carbonyl (C=O) groups excluding carboxylic acids is 1. The second kappa shape index (κ2) is 7.11. The smallest absolute Gasteiger partial charge is 0.387 e. The molecule has 0 bridgehead atoms. The highest BCUT2D eigenvalue weighted by molar-refractivity contribution is 7.83. The van der Waals surface area contributed by atoms with Crippen LogP contribution in [-0.2, 0) is 11.0 Å². The van der Waals surface area contributed by atoms with Gasteiger partial charge in [0.25, 0.3) is 5.91 Å². The lowest BCUT2D eigenvalue weighted by Gasteiger charge is -2.07. The van der Waals surface area contributed by atoms with Crippen molar-refractivity contribution in [2.75, 3.05) is 0 Å². The molecule has 1 saturated carbocycles. The number of amides is 1. The molecule has 1 heterocycles. The van der Waals surface area contributed by atoms with E-state index in [0.29, 0.717) is 10.8 Å². The predicted molar refractivity (Wildman–Crippen MR) is 95.1 cm³/mol. The molecule has 1 unspecified atom stereocenters. The van der Waals surface area contributed by atoms with E-state index in [-0.39, 0.29) is 22.5 Å². The SMILES string of the molecule is O=C(NS(=O)c1ccccc1)c1cc2c(OC(F)F)cc(C3CC3)cc2o1. The van der Waals surface area contributed by atoms with Crippen molar-refractivity contribution in [3.63, 3.8) is 0 Å². The third-order valence-electron chi connectivity index (χ3n) is 4.25. The van der Waals surface area contributed by atoms with Crippen LogP contribution in [0.5, 0.6) is 5.75 Å². The molecule has 0 spiro atoms. The standard InChI is InChI=1S/C19H15F2NO4S/c20-19(21)26-16-9-12(11-6-7-11)8-15-14(16)10-17(25-15)18(23)22-27(24)13-4-2-1-3-5-13/h1-5,8-11,19H,6-7H2,(H,22,23). The molecule has 1 fully saturated rings. The first-order valence-corrected chi connectivity index (χ1v) is 9.46. The van der Waals surface area contributed by atoms with Crippen molar-refractivity contribution >= 4 is 27.9 Å². The van der Waals surface area contributed by atoms with Crippen molar-refractivity contribution in [2.24, 2.45) is 0 Å². The molecule has 4 rings (SSSR count). The summed E-state index contributed by atoms with van der Waals surface area (Å²) in [6.07, 6.45) is 1.95. The quantitative estimate of drug-likeness (QED) is 0.678. The van der Waals surface area contributed by atoms with Gasteiger partial charge in [-0.2, -0.15) is 8.78 Å². The lowest BCUT2D eigenvalue weighted by molar-refractivity contribution is -0.0488. The zero-order valence-corrected chi connectivity index (χ0v) is 14.8. The monoisotopic (exact) mass is 391 g/mol. The van der Waals surface area contributed by atoms with E-state index in [2.05, 4.69) is 9.46 Å². The Kier molecular flexibility index (Phi) is 4.65. The Bertz CT molecular complexity index is 1020. The average molecular weight is 391 g/mol. The number of nitrogens with one attached hydrogen (secondary N) is 1. The van der Waals surface area contributed by atoms with Crippen molar-refractivity contribution in [3.8, 4) is 5.75 Å². The first-order chi connectivity index (χ1) is 13.0. The van der Waals surface area contributed by atoms with Gasteiger partial charge in [-0.3, -0.25) is 9.52 Å². The summed E-state index contributed by atoms with van der Waals surface area (Å²) in [5, 5.41) is 0.273. The highest BCUT2D eigenvalue weighted by Gasteiger charge is 2.27. The maximum absolute atomic E-state index is 12.7. The molecule has 1 amide bonds. The van der Waals surface area contributed by atoms with Crippen molar-refractivity contribution in [1.29, 1.82) is 0 Å². The summed E-state index contributed by atoms with van der Waals surface area (Å²) in [5.41, 5.74) is 1.12. The second-order valence-electron chi connectivity index (χ2n) is 6.21. The molecule has 1 aliphatic rings. The molecule has 1 N–H and O–H groups in total. The van der Waals surface area contributed by atoms with Crippen LogP contribution in [-0.4, -0.2) is 16.7 Å².